The minimum atomic E-state index is -3.87. The molecule has 0 aliphatic rings. The van der Waals surface area contributed by atoms with Crippen molar-refractivity contribution in [2.75, 3.05) is 7.05 Å². The van der Waals surface area contributed by atoms with Gasteiger partial charge in [0.25, 0.3) is 10.0 Å². The minimum absolute atomic E-state index is 0.130. The normalized spacial score (nSPS) is 12.4. The lowest BCUT2D eigenvalue weighted by Gasteiger charge is -2.24. The van der Waals surface area contributed by atoms with Gasteiger partial charge in [-0.3, -0.25) is 4.79 Å². The van der Waals surface area contributed by atoms with Crippen LogP contribution in [0.2, 0.25) is 0 Å². The highest BCUT2D eigenvalue weighted by Gasteiger charge is 2.31. The highest BCUT2D eigenvalue weighted by atomic mass is 32.2. The Bertz CT molecular complexity index is 903. The van der Waals surface area contributed by atoms with Crippen molar-refractivity contribution in [2.45, 2.75) is 44.4 Å². The Labute approximate surface area is 168 Å². The van der Waals surface area contributed by atoms with Gasteiger partial charge in [-0.15, -0.1) is 0 Å². The third-order valence-electron chi connectivity index (χ3n) is 4.92. The van der Waals surface area contributed by atoms with E-state index < -0.39 is 15.9 Å². The van der Waals surface area contributed by atoms with E-state index in [2.05, 4.69) is 13.5 Å². The number of rotatable bonds is 9. The van der Waals surface area contributed by atoms with Crippen LogP contribution in [0, 0.1) is 12.8 Å². The first-order valence-corrected chi connectivity index (χ1v) is 11.0. The molecule has 0 N–H and O–H groups in total. The number of nitrogens with zero attached hydrogens (tertiary/aromatic N) is 1. The molecule has 0 bridgehead atoms. The zero-order valence-electron chi connectivity index (χ0n) is 16.9. The maximum atomic E-state index is 13.1. The standard InChI is InChI=1S/C23H29NO3S/c1-5-6-10-21(17-19(3)20-11-8-7-9-12-20)23(25)24(4)28(26,27)22-15-13-18(2)14-16-22/h7-9,11-16,21H,3,5-6,10,17H2,1-2,4H3. The van der Waals surface area contributed by atoms with Gasteiger partial charge in [0.1, 0.15) is 0 Å². The number of unbranched alkanes of at least 4 members (excludes halogenated alkanes) is 1. The molecule has 1 amide bonds. The van der Waals surface area contributed by atoms with Gasteiger partial charge in [-0.25, -0.2) is 12.7 Å². The zero-order valence-corrected chi connectivity index (χ0v) is 17.7. The van der Waals surface area contributed by atoms with Crippen molar-refractivity contribution in [1.29, 1.82) is 0 Å². The van der Waals surface area contributed by atoms with Crippen LogP contribution in [0.15, 0.2) is 66.1 Å². The molecular weight excluding hydrogens is 370 g/mol. The Hall–Kier alpha value is -2.40. The van der Waals surface area contributed by atoms with Gasteiger partial charge in [-0.1, -0.05) is 74.4 Å². The smallest absolute Gasteiger partial charge is 0.266 e. The molecule has 0 aliphatic carbocycles. The van der Waals surface area contributed by atoms with Crippen molar-refractivity contribution in [1.82, 2.24) is 4.31 Å². The fourth-order valence-electron chi connectivity index (χ4n) is 3.10. The van der Waals surface area contributed by atoms with Crippen LogP contribution >= 0.6 is 0 Å². The lowest BCUT2D eigenvalue weighted by molar-refractivity contribution is -0.129. The molecule has 0 saturated heterocycles. The van der Waals surface area contributed by atoms with Crippen LogP contribution in [0.3, 0.4) is 0 Å². The summed E-state index contributed by atoms with van der Waals surface area (Å²) in [6.07, 6.45) is 2.87. The van der Waals surface area contributed by atoms with Crippen LogP contribution in [0.5, 0.6) is 0 Å². The molecule has 0 saturated carbocycles. The Morgan fingerprint density at radius 1 is 1.07 bits per heavy atom. The van der Waals surface area contributed by atoms with E-state index >= 15 is 0 Å². The fraction of sp³-hybridized carbons (Fsp3) is 0.348. The Morgan fingerprint density at radius 3 is 2.25 bits per heavy atom. The van der Waals surface area contributed by atoms with Crippen molar-refractivity contribution >= 4 is 21.5 Å². The molecule has 1 unspecified atom stereocenters. The minimum Gasteiger partial charge on any atom is -0.273 e. The number of sulfonamides is 1. The first kappa shape index (κ1) is 21.9. The number of amides is 1. The quantitative estimate of drug-likeness (QED) is 0.593. The van der Waals surface area contributed by atoms with Gasteiger partial charge in [0.05, 0.1) is 4.90 Å². The van der Waals surface area contributed by atoms with E-state index in [1.807, 2.05) is 37.3 Å². The van der Waals surface area contributed by atoms with E-state index in [4.69, 9.17) is 0 Å². The maximum absolute atomic E-state index is 13.1. The molecule has 1 atom stereocenters. The van der Waals surface area contributed by atoms with E-state index in [0.717, 1.165) is 33.8 Å². The van der Waals surface area contributed by atoms with Crippen LogP contribution in [0.25, 0.3) is 5.57 Å². The lowest BCUT2D eigenvalue weighted by atomic mass is 9.91. The molecule has 0 radical (unpaired) electrons. The summed E-state index contributed by atoms with van der Waals surface area (Å²) in [4.78, 5) is 13.2. The lowest BCUT2D eigenvalue weighted by Crippen LogP contribution is -2.38. The summed E-state index contributed by atoms with van der Waals surface area (Å²) in [5.41, 5.74) is 2.78. The SMILES string of the molecule is C=C(CC(CCCC)C(=O)N(C)S(=O)(=O)c1ccc(C)cc1)c1ccccc1. The summed E-state index contributed by atoms with van der Waals surface area (Å²) in [5, 5.41) is 0. The van der Waals surface area contributed by atoms with Gasteiger partial charge in [-0.2, -0.15) is 0 Å². The Morgan fingerprint density at radius 2 is 1.68 bits per heavy atom. The second kappa shape index (κ2) is 9.69. The first-order chi connectivity index (χ1) is 13.3. The molecule has 0 fully saturated rings. The number of hydrogen-bond donors (Lipinski definition) is 0. The molecule has 2 aromatic rings. The summed E-state index contributed by atoms with van der Waals surface area (Å²) in [6, 6.07) is 16.2. The summed E-state index contributed by atoms with van der Waals surface area (Å²) < 4.78 is 26.7. The highest BCUT2D eigenvalue weighted by molar-refractivity contribution is 7.89. The number of aryl methyl sites for hydroxylation is 1. The molecule has 2 rings (SSSR count). The fourth-order valence-corrected chi connectivity index (χ4v) is 4.28. The molecule has 0 aliphatic heterocycles. The number of allylic oxidation sites excluding steroid dienone is 1. The van der Waals surface area contributed by atoms with E-state index in [-0.39, 0.29) is 10.8 Å². The molecule has 0 aromatic heterocycles. The van der Waals surface area contributed by atoms with Crippen LogP contribution in [0.1, 0.15) is 43.7 Å². The molecular formula is C23H29NO3S. The van der Waals surface area contributed by atoms with E-state index in [1.165, 1.54) is 7.05 Å². The molecule has 4 nitrogen and oxygen atoms in total. The van der Waals surface area contributed by atoms with Gasteiger partial charge in [0.2, 0.25) is 5.91 Å². The predicted octanol–water partition coefficient (Wildman–Crippen LogP) is 5.05. The topological polar surface area (TPSA) is 54.5 Å². The van der Waals surface area contributed by atoms with Gasteiger partial charge in [-0.05, 0) is 43.0 Å². The third kappa shape index (κ3) is 5.32. The molecule has 150 valence electrons. The summed E-state index contributed by atoms with van der Waals surface area (Å²) in [5.74, 6) is -0.802. The van der Waals surface area contributed by atoms with Crippen molar-refractivity contribution in [3.63, 3.8) is 0 Å². The number of carbonyl (C=O) groups excluding carboxylic acids is 1. The van der Waals surface area contributed by atoms with Gasteiger partial charge in [0.15, 0.2) is 0 Å². The van der Waals surface area contributed by atoms with Gasteiger partial charge in [0, 0.05) is 13.0 Å². The summed E-state index contributed by atoms with van der Waals surface area (Å²) in [7, 11) is -2.52. The average Bonchev–Trinajstić information content (AvgIpc) is 2.70. The Balaban J connectivity index is 2.23. The Kier molecular flexibility index (Phi) is 7.58. The molecule has 5 heteroatoms. The predicted molar refractivity (Wildman–Crippen MR) is 114 cm³/mol. The van der Waals surface area contributed by atoms with E-state index in [1.54, 1.807) is 24.3 Å². The number of carbonyl (C=O) groups is 1. The monoisotopic (exact) mass is 399 g/mol. The number of hydrogen-bond acceptors (Lipinski definition) is 3. The van der Waals surface area contributed by atoms with Crippen LogP contribution in [-0.2, 0) is 14.8 Å². The van der Waals surface area contributed by atoms with Crippen molar-refractivity contribution < 1.29 is 13.2 Å². The van der Waals surface area contributed by atoms with E-state index in [0.29, 0.717) is 12.8 Å². The van der Waals surface area contributed by atoms with Crippen LogP contribution in [0.4, 0.5) is 0 Å². The van der Waals surface area contributed by atoms with Crippen LogP contribution < -0.4 is 0 Å². The molecule has 2 aromatic carbocycles. The van der Waals surface area contributed by atoms with Crippen molar-refractivity contribution in [3.8, 4) is 0 Å². The van der Waals surface area contributed by atoms with Crippen molar-refractivity contribution in [3.05, 3.63) is 72.3 Å². The highest BCUT2D eigenvalue weighted by Crippen LogP contribution is 2.27. The second-order valence-electron chi connectivity index (χ2n) is 7.14. The maximum Gasteiger partial charge on any atom is 0.266 e. The molecule has 0 heterocycles. The molecule has 0 spiro atoms. The van der Waals surface area contributed by atoms with Crippen molar-refractivity contribution in [2.24, 2.45) is 5.92 Å². The third-order valence-corrected chi connectivity index (χ3v) is 6.69. The number of benzene rings is 2. The van der Waals surface area contributed by atoms with Gasteiger partial charge >= 0.3 is 0 Å². The van der Waals surface area contributed by atoms with Crippen LogP contribution in [-0.4, -0.2) is 25.7 Å². The summed E-state index contributed by atoms with van der Waals surface area (Å²) >= 11 is 0. The largest absolute Gasteiger partial charge is 0.273 e. The zero-order chi connectivity index (χ0) is 20.7. The average molecular weight is 400 g/mol. The molecule has 28 heavy (non-hydrogen) atoms. The summed E-state index contributed by atoms with van der Waals surface area (Å²) in [6.45, 7) is 8.07. The second-order valence-corrected chi connectivity index (χ2v) is 9.11. The van der Waals surface area contributed by atoms with E-state index in [9.17, 15) is 13.2 Å². The van der Waals surface area contributed by atoms with Gasteiger partial charge < -0.3 is 0 Å². The first-order valence-electron chi connectivity index (χ1n) is 9.60.